The molecule has 1 amide bonds. The average Bonchev–Trinajstić information content (AvgIpc) is 2.59. The Morgan fingerprint density at radius 3 is 2.93 bits per heavy atom. The summed E-state index contributed by atoms with van der Waals surface area (Å²) < 4.78 is 1.15. The molecule has 0 aromatic carbocycles. The highest BCUT2D eigenvalue weighted by Crippen LogP contribution is 2.16. The molecule has 0 unspecified atom stereocenters. The predicted molar refractivity (Wildman–Crippen MR) is 68.9 cm³/mol. The minimum atomic E-state index is 0.0558. The number of hydrogen-bond acceptors (Lipinski definition) is 2. The second kappa shape index (κ2) is 6.40. The van der Waals surface area contributed by atoms with Gasteiger partial charge >= 0.3 is 0 Å². The Bertz CT molecular complexity index is 298. The molecule has 0 atom stereocenters. The van der Waals surface area contributed by atoms with E-state index in [0.29, 0.717) is 0 Å². The lowest BCUT2D eigenvalue weighted by atomic mass is 10.2. The molecular formula is C10H14INOS. The van der Waals surface area contributed by atoms with Gasteiger partial charge in [-0.3, -0.25) is 4.79 Å². The number of amides is 1. The predicted octanol–water partition coefficient (Wildman–Crippen LogP) is 3.27. The fourth-order valence-electron chi connectivity index (χ4n) is 1.11. The van der Waals surface area contributed by atoms with Gasteiger partial charge in [0.25, 0.3) is 5.91 Å². The molecule has 1 aromatic heterocycles. The Morgan fingerprint density at radius 1 is 1.57 bits per heavy atom. The molecule has 4 heteroatoms. The number of carbonyl (C=O) groups excluding carboxylic acids is 1. The molecule has 14 heavy (non-hydrogen) atoms. The summed E-state index contributed by atoms with van der Waals surface area (Å²) in [6, 6.07) is 1.92. The van der Waals surface area contributed by atoms with E-state index < -0.39 is 0 Å². The van der Waals surface area contributed by atoms with Crippen LogP contribution in [0.3, 0.4) is 0 Å². The summed E-state index contributed by atoms with van der Waals surface area (Å²) in [5, 5.41) is 4.81. The minimum Gasteiger partial charge on any atom is -0.352 e. The molecule has 0 aliphatic rings. The lowest BCUT2D eigenvalue weighted by molar-refractivity contribution is 0.0953. The van der Waals surface area contributed by atoms with E-state index in [9.17, 15) is 4.79 Å². The van der Waals surface area contributed by atoms with Crippen LogP contribution in [0.5, 0.6) is 0 Å². The molecule has 1 heterocycles. The topological polar surface area (TPSA) is 29.1 Å². The van der Waals surface area contributed by atoms with Crippen molar-refractivity contribution >= 4 is 39.8 Å². The van der Waals surface area contributed by atoms with Crippen LogP contribution in [0, 0.1) is 2.88 Å². The van der Waals surface area contributed by atoms with Gasteiger partial charge in [0.1, 0.15) is 0 Å². The second-order valence-corrected chi connectivity index (χ2v) is 5.91. The molecule has 1 aromatic rings. The minimum absolute atomic E-state index is 0.0558. The van der Waals surface area contributed by atoms with E-state index in [1.165, 1.54) is 12.8 Å². The first-order valence-corrected chi connectivity index (χ1v) is 6.72. The molecule has 1 rings (SSSR count). The van der Waals surface area contributed by atoms with E-state index >= 15 is 0 Å². The molecule has 0 saturated carbocycles. The Labute approximate surface area is 102 Å². The van der Waals surface area contributed by atoms with Gasteiger partial charge in [-0.05, 0) is 35.1 Å². The third kappa shape index (κ3) is 3.96. The Hall–Kier alpha value is -0.100. The van der Waals surface area contributed by atoms with Crippen LogP contribution < -0.4 is 5.32 Å². The van der Waals surface area contributed by atoms with Crippen molar-refractivity contribution in [1.82, 2.24) is 5.32 Å². The molecule has 0 saturated heterocycles. The first-order chi connectivity index (χ1) is 6.74. The number of carbonyl (C=O) groups is 1. The maximum atomic E-state index is 11.5. The maximum Gasteiger partial charge on any atom is 0.252 e. The zero-order valence-electron chi connectivity index (χ0n) is 8.18. The molecule has 0 radical (unpaired) electrons. The van der Waals surface area contributed by atoms with Gasteiger partial charge < -0.3 is 5.32 Å². The number of thiophene rings is 1. The smallest absolute Gasteiger partial charge is 0.252 e. The van der Waals surface area contributed by atoms with Gasteiger partial charge in [0, 0.05) is 11.9 Å². The van der Waals surface area contributed by atoms with Crippen LogP contribution in [0.2, 0.25) is 0 Å². The zero-order valence-corrected chi connectivity index (χ0v) is 11.2. The molecule has 0 fully saturated rings. The summed E-state index contributed by atoms with van der Waals surface area (Å²) in [6.45, 7) is 2.95. The molecule has 0 aliphatic carbocycles. The lowest BCUT2D eigenvalue weighted by Gasteiger charge is -2.01. The van der Waals surface area contributed by atoms with Crippen molar-refractivity contribution in [3.05, 3.63) is 19.9 Å². The quantitative estimate of drug-likeness (QED) is 0.654. The van der Waals surface area contributed by atoms with E-state index in [2.05, 4.69) is 34.8 Å². The zero-order chi connectivity index (χ0) is 10.4. The van der Waals surface area contributed by atoms with Crippen molar-refractivity contribution in [3.63, 3.8) is 0 Å². The SMILES string of the molecule is CCCCCNC(=O)c1csc(I)c1. The van der Waals surface area contributed by atoms with E-state index in [-0.39, 0.29) is 5.91 Å². The van der Waals surface area contributed by atoms with Gasteiger partial charge in [-0.2, -0.15) is 0 Å². The second-order valence-electron chi connectivity index (χ2n) is 3.10. The number of nitrogens with one attached hydrogen (secondary N) is 1. The van der Waals surface area contributed by atoms with Gasteiger partial charge in [0.05, 0.1) is 8.45 Å². The third-order valence-corrected chi connectivity index (χ3v) is 3.68. The van der Waals surface area contributed by atoms with Crippen molar-refractivity contribution in [3.8, 4) is 0 Å². The van der Waals surface area contributed by atoms with E-state index in [0.717, 1.165) is 21.4 Å². The Kier molecular flexibility index (Phi) is 5.47. The fraction of sp³-hybridized carbons (Fsp3) is 0.500. The van der Waals surface area contributed by atoms with Crippen LogP contribution in [-0.2, 0) is 0 Å². The third-order valence-electron chi connectivity index (χ3n) is 1.90. The number of rotatable bonds is 5. The Balaban J connectivity index is 2.29. The average molecular weight is 323 g/mol. The van der Waals surface area contributed by atoms with Crippen LogP contribution in [0.4, 0.5) is 0 Å². The first kappa shape index (κ1) is 12.0. The summed E-state index contributed by atoms with van der Waals surface area (Å²) in [7, 11) is 0. The summed E-state index contributed by atoms with van der Waals surface area (Å²) >= 11 is 3.83. The van der Waals surface area contributed by atoms with Crippen molar-refractivity contribution in [1.29, 1.82) is 0 Å². The summed E-state index contributed by atoms with van der Waals surface area (Å²) in [6.07, 6.45) is 3.44. The van der Waals surface area contributed by atoms with Gasteiger partial charge in [-0.25, -0.2) is 0 Å². The molecule has 78 valence electrons. The number of unbranched alkanes of at least 4 members (excludes halogenated alkanes) is 2. The normalized spacial score (nSPS) is 10.1. The van der Waals surface area contributed by atoms with E-state index in [1.54, 1.807) is 11.3 Å². The molecule has 0 bridgehead atoms. The summed E-state index contributed by atoms with van der Waals surface area (Å²) in [4.78, 5) is 11.5. The van der Waals surface area contributed by atoms with Crippen LogP contribution >= 0.6 is 33.9 Å². The van der Waals surface area contributed by atoms with Gasteiger partial charge in [0.15, 0.2) is 0 Å². The molecule has 0 spiro atoms. The molecule has 1 N–H and O–H groups in total. The standard InChI is InChI=1S/C10H14INOS/c1-2-3-4-5-12-10(13)8-6-9(11)14-7-8/h6-7H,2-5H2,1H3,(H,12,13). The van der Waals surface area contributed by atoms with E-state index in [1.807, 2.05) is 11.4 Å². The summed E-state index contributed by atoms with van der Waals surface area (Å²) in [5.74, 6) is 0.0558. The van der Waals surface area contributed by atoms with Crippen molar-refractivity contribution < 1.29 is 4.79 Å². The summed E-state index contributed by atoms with van der Waals surface area (Å²) in [5.41, 5.74) is 0.788. The molecule has 0 aliphatic heterocycles. The lowest BCUT2D eigenvalue weighted by Crippen LogP contribution is -2.23. The van der Waals surface area contributed by atoms with Crippen molar-refractivity contribution in [2.45, 2.75) is 26.2 Å². The Morgan fingerprint density at radius 2 is 2.36 bits per heavy atom. The van der Waals surface area contributed by atoms with Gasteiger partial charge in [-0.1, -0.05) is 19.8 Å². The highest BCUT2D eigenvalue weighted by atomic mass is 127. The molecule has 2 nitrogen and oxygen atoms in total. The fourth-order valence-corrected chi connectivity index (χ4v) is 2.43. The van der Waals surface area contributed by atoms with Crippen LogP contribution in [0.25, 0.3) is 0 Å². The first-order valence-electron chi connectivity index (χ1n) is 4.76. The number of halogens is 1. The molecular weight excluding hydrogens is 309 g/mol. The van der Waals surface area contributed by atoms with Gasteiger partial charge in [0.2, 0.25) is 0 Å². The van der Waals surface area contributed by atoms with Crippen LogP contribution in [0.1, 0.15) is 36.5 Å². The largest absolute Gasteiger partial charge is 0.352 e. The van der Waals surface area contributed by atoms with Gasteiger partial charge in [-0.15, -0.1) is 11.3 Å². The van der Waals surface area contributed by atoms with Crippen molar-refractivity contribution in [2.24, 2.45) is 0 Å². The van der Waals surface area contributed by atoms with Crippen molar-refractivity contribution in [2.75, 3.05) is 6.54 Å². The monoisotopic (exact) mass is 323 g/mol. The van der Waals surface area contributed by atoms with E-state index in [4.69, 9.17) is 0 Å². The maximum absolute atomic E-state index is 11.5. The highest BCUT2D eigenvalue weighted by Gasteiger charge is 2.06. The van der Waals surface area contributed by atoms with Crippen LogP contribution in [-0.4, -0.2) is 12.5 Å². The number of hydrogen-bond donors (Lipinski definition) is 1. The highest BCUT2D eigenvalue weighted by molar-refractivity contribution is 14.1. The van der Waals surface area contributed by atoms with Crippen LogP contribution in [0.15, 0.2) is 11.4 Å².